The van der Waals surface area contributed by atoms with Crippen LogP contribution in [-0.2, 0) is 47.7 Å². The Balaban J connectivity index is 2.48. The number of esters is 4. The monoisotopic (exact) mass is 452 g/mol. The quantitative estimate of drug-likeness (QED) is 0.339. The van der Waals surface area contributed by atoms with Gasteiger partial charge in [0.25, 0.3) is 0 Å². The van der Waals surface area contributed by atoms with E-state index in [1.807, 2.05) is 0 Å². The largest absolute Gasteiger partial charge is 0.468 e. The Labute approximate surface area is 185 Å². The number of carbonyl (C=O) groups excluding carboxylic acids is 6. The topological polar surface area (TPSA) is 139 Å². The van der Waals surface area contributed by atoms with Crippen LogP contribution in [0.1, 0.15) is 38.5 Å². The number of ether oxygens (including phenoxy) is 4. The lowest BCUT2D eigenvalue weighted by Crippen LogP contribution is -2.52. The lowest BCUT2D eigenvalue weighted by molar-refractivity contribution is -0.171. The summed E-state index contributed by atoms with van der Waals surface area (Å²) in [7, 11) is 4.35. The van der Waals surface area contributed by atoms with E-state index in [2.05, 4.69) is 0 Å². The molecule has 0 aromatic carbocycles. The van der Waals surface area contributed by atoms with Gasteiger partial charge in [0.05, 0.1) is 28.4 Å². The standard InChI is InChI=1S/C22H28O10/c1-29-17(25)11-15(23)12(18(26)30-2)22-10-8-6-5-7-9-21(11,22)13(19(27)31-3)16(24)14(22)20(28)32-4/h11-14H,5-10H2,1-4H3/t11-,12-,13-,14+,21?,22?/m0/s1. The summed E-state index contributed by atoms with van der Waals surface area (Å²) in [5.41, 5.74) is -3.33. The molecule has 3 aliphatic carbocycles. The summed E-state index contributed by atoms with van der Waals surface area (Å²) >= 11 is 0. The molecular formula is C22H28O10. The average Bonchev–Trinajstić information content (AvgIpc) is 3.09. The Kier molecular flexibility index (Phi) is 6.44. The zero-order valence-electron chi connectivity index (χ0n) is 18.6. The summed E-state index contributed by atoms with van der Waals surface area (Å²) in [6.07, 6.45) is 2.59. The Morgan fingerprint density at radius 3 is 1.03 bits per heavy atom. The molecule has 176 valence electrons. The van der Waals surface area contributed by atoms with Gasteiger partial charge in [-0.1, -0.05) is 25.7 Å². The van der Waals surface area contributed by atoms with Crippen molar-refractivity contribution in [2.45, 2.75) is 38.5 Å². The van der Waals surface area contributed by atoms with Crippen molar-refractivity contribution >= 4 is 35.4 Å². The Bertz CT molecular complexity index is 737. The summed E-state index contributed by atoms with van der Waals surface area (Å²) in [6.45, 7) is 0. The van der Waals surface area contributed by atoms with Crippen LogP contribution < -0.4 is 0 Å². The molecule has 0 aromatic heterocycles. The molecule has 3 aliphatic rings. The highest BCUT2D eigenvalue weighted by molar-refractivity contribution is 6.20. The minimum atomic E-state index is -1.67. The van der Waals surface area contributed by atoms with Gasteiger partial charge in [-0.05, 0) is 12.8 Å². The zero-order valence-corrected chi connectivity index (χ0v) is 18.6. The second kappa shape index (κ2) is 8.63. The third-order valence-corrected chi connectivity index (χ3v) is 7.74. The minimum Gasteiger partial charge on any atom is -0.468 e. The molecule has 2 unspecified atom stereocenters. The summed E-state index contributed by atoms with van der Waals surface area (Å²) in [5.74, 6) is -11.8. The lowest BCUT2D eigenvalue weighted by Gasteiger charge is -2.48. The van der Waals surface area contributed by atoms with Crippen molar-refractivity contribution in [2.75, 3.05) is 28.4 Å². The van der Waals surface area contributed by atoms with Crippen LogP contribution in [0.2, 0.25) is 0 Å². The molecule has 3 rings (SSSR count). The summed E-state index contributed by atoms with van der Waals surface area (Å²) < 4.78 is 19.7. The Hall–Kier alpha value is -2.78. The first-order valence-electron chi connectivity index (χ1n) is 10.6. The molecule has 0 heterocycles. The molecule has 0 N–H and O–H groups in total. The van der Waals surface area contributed by atoms with E-state index in [-0.39, 0.29) is 12.8 Å². The number of hydrogen-bond donors (Lipinski definition) is 0. The van der Waals surface area contributed by atoms with Crippen molar-refractivity contribution < 1.29 is 47.7 Å². The molecule has 0 amide bonds. The molecular weight excluding hydrogens is 424 g/mol. The van der Waals surface area contributed by atoms with Gasteiger partial charge in [-0.25, -0.2) is 0 Å². The first kappa shape index (κ1) is 23.9. The van der Waals surface area contributed by atoms with E-state index in [0.29, 0.717) is 12.8 Å². The van der Waals surface area contributed by atoms with E-state index in [4.69, 9.17) is 18.9 Å². The van der Waals surface area contributed by atoms with Crippen LogP contribution in [0.5, 0.6) is 0 Å². The maximum absolute atomic E-state index is 13.7. The summed E-state index contributed by atoms with van der Waals surface area (Å²) in [5, 5.41) is 0. The Morgan fingerprint density at radius 1 is 0.562 bits per heavy atom. The molecule has 6 atom stereocenters. The van der Waals surface area contributed by atoms with E-state index < -0.39 is 69.9 Å². The summed E-state index contributed by atoms with van der Waals surface area (Å²) in [6, 6.07) is 0. The highest BCUT2D eigenvalue weighted by atomic mass is 16.5. The lowest BCUT2D eigenvalue weighted by atomic mass is 9.52. The Morgan fingerprint density at radius 2 is 0.812 bits per heavy atom. The predicted molar refractivity (Wildman–Crippen MR) is 105 cm³/mol. The molecule has 0 aromatic rings. The van der Waals surface area contributed by atoms with Crippen molar-refractivity contribution in [3.8, 4) is 0 Å². The van der Waals surface area contributed by atoms with Gasteiger partial charge in [0, 0.05) is 10.8 Å². The van der Waals surface area contributed by atoms with Crippen molar-refractivity contribution in [2.24, 2.45) is 34.5 Å². The SMILES string of the molecule is COC(=O)[C@@H]1C(=O)[C@@H](C(=O)OC)C23CCCCCCC12[C@H](C(=O)OC)C(=O)[C@@H]3C(=O)OC. The zero-order chi connectivity index (χ0) is 23.8. The number of rotatable bonds is 4. The van der Waals surface area contributed by atoms with Crippen molar-refractivity contribution in [1.29, 1.82) is 0 Å². The number of Topliss-reactive ketones (excluding diaryl/α,β-unsaturated/α-hetero) is 2. The maximum atomic E-state index is 13.7. The molecule has 3 fully saturated rings. The van der Waals surface area contributed by atoms with E-state index in [1.54, 1.807) is 0 Å². The molecule has 3 saturated carbocycles. The second-order valence-electron chi connectivity index (χ2n) is 8.62. The van der Waals surface area contributed by atoms with E-state index >= 15 is 0 Å². The first-order valence-corrected chi connectivity index (χ1v) is 10.6. The number of carbonyl (C=O) groups is 6. The van der Waals surface area contributed by atoms with Gasteiger partial charge in [-0.3, -0.25) is 28.8 Å². The van der Waals surface area contributed by atoms with Crippen LogP contribution in [-0.4, -0.2) is 63.9 Å². The third-order valence-electron chi connectivity index (χ3n) is 7.74. The van der Waals surface area contributed by atoms with Gasteiger partial charge < -0.3 is 18.9 Å². The van der Waals surface area contributed by atoms with Crippen LogP contribution in [0.3, 0.4) is 0 Å². The van der Waals surface area contributed by atoms with Crippen molar-refractivity contribution in [1.82, 2.24) is 0 Å². The molecule has 0 bridgehead atoms. The highest BCUT2D eigenvalue weighted by Gasteiger charge is 2.85. The number of ketones is 2. The van der Waals surface area contributed by atoms with Gasteiger partial charge in [0.2, 0.25) is 0 Å². The molecule has 32 heavy (non-hydrogen) atoms. The predicted octanol–water partition coefficient (Wildman–Crippen LogP) is 0.636. The van der Waals surface area contributed by atoms with Crippen LogP contribution in [0, 0.1) is 34.5 Å². The van der Waals surface area contributed by atoms with Gasteiger partial charge in [0.1, 0.15) is 23.7 Å². The van der Waals surface area contributed by atoms with Crippen molar-refractivity contribution in [3.63, 3.8) is 0 Å². The van der Waals surface area contributed by atoms with Crippen LogP contribution in [0.25, 0.3) is 0 Å². The van der Waals surface area contributed by atoms with Crippen LogP contribution in [0.15, 0.2) is 0 Å². The van der Waals surface area contributed by atoms with Gasteiger partial charge >= 0.3 is 23.9 Å². The fourth-order valence-electron chi connectivity index (χ4n) is 6.77. The van der Waals surface area contributed by atoms with Crippen LogP contribution in [0.4, 0.5) is 0 Å². The molecule has 0 radical (unpaired) electrons. The van der Waals surface area contributed by atoms with Gasteiger partial charge in [-0.2, -0.15) is 0 Å². The average molecular weight is 452 g/mol. The second-order valence-corrected chi connectivity index (χ2v) is 8.62. The normalized spacial score (nSPS) is 36.2. The maximum Gasteiger partial charge on any atom is 0.316 e. The van der Waals surface area contributed by atoms with E-state index in [9.17, 15) is 28.8 Å². The fourth-order valence-corrected chi connectivity index (χ4v) is 6.77. The van der Waals surface area contributed by atoms with E-state index in [0.717, 1.165) is 41.3 Å². The molecule has 0 spiro atoms. The highest BCUT2D eigenvalue weighted by Crippen LogP contribution is 2.74. The number of methoxy groups -OCH3 is 4. The molecule has 10 nitrogen and oxygen atoms in total. The van der Waals surface area contributed by atoms with Gasteiger partial charge in [-0.15, -0.1) is 0 Å². The minimum absolute atomic E-state index is 0.0883. The third kappa shape index (κ3) is 2.84. The first-order chi connectivity index (χ1) is 15.2. The number of hydrogen-bond acceptors (Lipinski definition) is 10. The molecule has 10 heteroatoms. The molecule has 0 aliphatic heterocycles. The van der Waals surface area contributed by atoms with E-state index in [1.165, 1.54) is 0 Å². The fraction of sp³-hybridized carbons (Fsp3) is 0.727. The van der Waals surface area contributed by atoms with Crippen LogP contribution >= 0.6 is 0 Å². The van der Waals surface area contributed by atoms with Crippen molar-refractivity contribution in [3.05, 3.63) is 0 Å². The van der Waals surface area contributed by atoms with Gasteiger partial charge in [0.15, 0.2) is 11.6 Å². The molecule has 0 saturated heterocycles. The summed E-state index contributed by atoms with van der Waals surface area (Å²) in [4.78, 5) is 79.4. The smallest absolute Gasteiger partial charge is 0.316 e.